The van der Waals surface area contributed by atoms with Crippen LogP contribution in [0.15, 0.2) is 24.5 Å². The number of nitrogens with one attached hydrogen (secondary N) is 1. The van der Waals surface area contributed by atoms with Crippen LogP contribution >= 0.6 is 0 Å². The molecule has 8 heteroatoms. The van der Waals surface area contributed by atoms with E-state index in [1.807, 2.05) is 13.8 Å². The molecule has 0 bridgehead atoms. The molecule has 0 spiro atoms. The fraction of sp³-hybridized carbons (Fsp3) is 0.619. The van der Waals surface area contributed by atoms with Crippen molar-refractivity contribution in [3.8, 4) is 0 Å². The molecule has 158 valence electrons. The number of pyridine rings is 1. The zero-order valence-electron chi connectivity index (χ0n) is 17.5. The third-order valence-electron chi connectivity index (χ3n) is 5.92. The van der Waals surface area contributed by atoms with Crippen LogP contribution in [0, 0.1) is 17.3 Å². The van der Waals surface area contributed by atoms with Gasteiger partial charge in [0.2, 0.25) is 5.91 Å². The molecule has 1 aliphatic heterocycles. The fourth-order valence-electron chi connectivity index (χ4n) is 4.40. The second kappa shape index (κ2) is 7.31. The Morgan fingerprint density at radius 3 is 2.48 bits per heavy atom. The second-order valence-electron chi connectivity index (χ2n) is 9.49. The number of rotatable bonds is 5. The Balaban J connectivity index is 1.80. The first-order valence-electron chi connectivity index (χ1n) is 9.83. The predicted molar refractivity (Wildman–Crippen MR) is 105 cm³/mol. The van der Waals surface area contributed by atoms with E-state index in [9.17, 15) is 19.5 Å². The van der Waals surface area contributed by atoms with Gasteiger partial charge >= 0.3 is 12.1 Å². The molecule has 2 N–H and O–H groups in total. The van der Waals surface area contributed by atoms with Crippen molar-refractivity contribution in [2.45, 2.75) is 58.7 Å². The summed E-state index contributed by atoms with van der Waals surface area (Å²) in [4.78, 5) is 43.0. The predicted octanol–water partition coefficient (Wildman–Crippen LogP) is 2.08. The molecular formula is C21H29N3O5. The molecule has 2 fully saturated rings. The van der Waals surface area contributed by atoms with Gasteiger partial charge in [0.25, 0.3) is 0 Å². The number of fused-ring (bicyclic) bond motifs is 1. The molecule has 3 rings (SSSR count). The summed E-state index contributed by atoms with van der Waals surface area (Å²) >= 11 is 0. The molecule has 1 aromatic heterocycles. The third kappa shape index (κ3) is 4.36. The lowest BCUT2D eigenvalue weighted by Gasteiger charge is -2.32. The molecule has 2 heterocycles. The van der Waals surface area contributed by atoms with E-state index < -0.39 is 35.7 Å². The molecule has 1 aromatic rings. The van der Waals surface area contributed by atoms with Crippen LogP contribution in [0.5, 0.6) is 0 Å². The van der Waals surface area contributed by atoms with Crippen LogP contribution in [0.25, 0.3) is 0 Å². The number of hydrogen-bond acceptors (Lipinski definition) is 5. The number of carbonyl (C=O) groups excluding carboxylic acids is 2. The van der Waals surface area contributed by atoms with Crippen LogP contribution in [0.2, 0.25) is 0 Å². The first kappa shape index (κ1) is 21.1. The maximum absolute atomic E-state index is 13.3. The molecule has 8 nitrogen and oxygen atoms in total. The Morgan fingerprint density at radius 2 is 1.93 bits per heavy atom. The normalized spacial score (nSPS) is 25.7. The molecular weight excluding hydrogens is 374 g/mol. The molecule has 1 saturated heterocycles. The number of carboxylic acid groups (broad SMARTS) is 1. The van der Waals surface area contributed by atoms with Crippen LogP contribution in [-0.2, 0) is 20.7 Å². The van der Waals surface area contributed by atoms with Crippen molar-refractivity contribution in [3.05, 3.63) is 30.1 Å². The lowest BCUT2D eigenvalue weighted by molar-refractivity contribution is -0.151. The van der Waals surface area contributed by atoms with Crippen LogP contribution in [-0.4, -0.2) is 57.2 Å². The van der Waals surface area contributed by atoms with Gasteiger partial charge in [0.15, 0.2) is 0 Å². The van der Waals surface area contributed by atoms with Gasteiger partial charge in [-0.05, 0) is 49.8 Å². The number of carboxylic acids is 1. The average Bonchev–Trinajstić information content (AvgIpc) is 2.95. The van der Waals surface area contributed by atoms with E-state index in [0.29, 0.717) is 6.54 Å². The summed E-state index contributed by atoms with van der Waals surface area (Å²) in [5.41, 5.74) is 0.0157. The van der Waals surface area contributed by atoms with Gasteiger partial charge < -0.3 is 20.1 Å². The van der Waals surface area contributed by atoms with Crippen molar-refractivity contribution >= 4 is 18.0 Å². The van der Waals surface area contributed by atoms with E-state index in [0.717, 1.165) is 5.56 Å². The van der Waals surface area contributed by atoms with Crippen LogP contribution in [0.3, 0.4) is 0 Å². The number of carbonyl (C=O) groups is 3. The molecule has 1 saturated carbocycles. The Bertz CT molecular complexity index is 802. The number of aliphatic carboxylic acids is 1. The van der Waals surface area contributed by atoms with E-state index in [-0.39, 0.29) is 23.7 Å². The molecule has 0 radical (unpaired) electrons. The first-order chi connectivity index (χ1) is 13.4. The SMILES string of the molecule is CC(C)(C)OC(=O)NC(Cc1ccncc1)C(=O)N1C[C@H]2[C@@H]([C@H]1C(=O)O)C2(C)C. The average molecular weight is 403 g/mol. The summed E-state index contributed by atoms with van der Waals surface area (Å²) in [7, 11) is 0. The van der Waals surface area contributed by atoms with Crippen molar-refractivity contribution in [1.29, 1.82) is 0 Å². The summed E-state index contributed by atoms with van der Waals surface area (Å²) in [5, 5.41) is 12.4. The monoisotopic (exact) mass is 403 g/mol. The molecule has 0 aromatic carbocycles. The fourth-order valence-corrected chi connectivity index (χ4v) is 4.40. The minimum absolute atomic E-state index is 0.0629. The standard InChI is InChI=1S/C21H29N3O5/c1-20(2,3)29-19(28)23-14(10-12-6-8-22-9-7-12)17(25)24-11-13-15(21(13,4)5)16(24)18(26)27/h6-9,13-16H,10-11H2,1-5H3,(H,23,28)(H,26,27)/t13-,14?,15-,16-/m0/s1. The van der Waals surface area contributed by atoms with E-state index >= 15 is 0 Å². The number of alkyl carbamates (subject to hydrolysis) is 1. The van der Waals surface area contributed by atoms with Gasteiger partial charge in [-0.3, -0.25) is 9.78 Å². The topological polar surface area (TPSA) is 109 Å². The van der Waals surface area contributed by atoms with E-state index in [1.165, 1.54) is 4.90 Å². The molecule has 1 aliphatic carbocycles. The summed E-state index contributed by atoms with van der Waals surface area (Å²) < 4.78 is 5.31. The van der Waals surface area contributed by atoms with Crippen molar-refractivity contribution in [2.24, 2.45) is 17.3 Å². The van der Waals surface area contributed by atoms with Gasteiger partial charge in [0, 0.05) is 31.3 Å². The highest BCUT2D eigenvalue weighted by Gasteiger charge is 2.69. The van der Waals surface area contributed by atoms with Crippen LogP contribution in [0.4, 0.5) is 4.79 Å². The first-order valence-corrected chi connectivity index (χ1v) is 9.83. The summed E-state index contributed by atoms with van der Waals surface area (Å²) in [6.07, 6.45) is 2.74. The maximum Gasteiger partial charge on any atom is 0.408 e. The molecule has 29 heavy (non-hydrogen) atoms. The number of ether oxygens (including phenoxy) is 1. The van der Waals surface area contributed by atoms with Gasteiger partial charge in [-0.2, -0.15) is 0 Å². The molecule has 1 unspecified atom stereocenters. The summed E-state index contributed by atoms with van der Waals surface area (Å²) in [5.74, 6) is -1.30. The van der Waals surface area contributed by atoms with Gasteiger partial charge in [0.05, 0.1) is 0 Å². The summed E-state index contributed by atoms with van der Waals surface area (Å²) in [6, 6.07) is 1.73. The highest BCUT2D eigenvalue weighted by molar-refractivity contribution is 5.91. The van der Waals surface area contributed by atoms with Gasteiger partial charge in [0.1, 0.15) is 17.7 Å². The Kier molecular flexibility index (Phi) is 5.32. The Hall–Kier alpha value is -2.64. The Labute approximate surface area is 170 Å². The van der Waals surface area contributed by atoms with Gasteiger partial charge in [-0.25, -0.2) is 9.59 Å². The smallest absolute Gasteiger partial charge is 0.408 e. The number of piperidine rings is 1. The van der Waals surface area contributed by atoms with Crippen molar-refractivity contribution < 1.29 is 24.2 Å². The van der Waals surface area contributed by atoms with Crippen LogP contribution in [0.1, 0.15) is 40.2 Å². The third-order valence-corrected chi connectivity index (χ3v) is 5.92. The minimum atomic E-state index is -1.00. The molecule has 2 aliphatic rings. The van der Waals surface area contributed by atoms with E-state index in [4.69, 9.17) is 4.74 Å². The van der Waals surface area contributed by atoms with Crippen molar-refractivity contribution in [2.75, 3.05) is 6.54 Å². The van der Waals surface area contributed by atoms with E-state index in [2.05, 4.69) is 10.3 Å². The molecule has 2 amide bonds. The number of hydrogen-bond donors (Lipinski definition) is 2. The van der Waals surface area contributed by atoms with Crippen molar-refractivity contribution in [3.63, 3.8) is 0 Å². The Morgan fingerprint density at radius 1 is 1.31 bits per heavy atom. The number of aromatic nitrogens is 1. The maximum atomic E-state index is 13.3. The highest BCUT2D eigenvalue weighted by atomic mass is 16.6. The van der Waals surface area contributed by atoms with Gasteiger partial charge in [-0.1, -0.05) is 13.8 Å². The zero-order chi connectivity index (χ0) is 21.6. The number of nitrogens with zero attached hydrogens (tertiary/aromatic N) is 2. The number of likely N-dealkylation sites (tertiary alicyclic amines) is 1. The van der Waals surface area contributed by atoms with E-state index in [1.54, 1.807) is 45.3 Å². The van der Waals surface area contributed by atoms with Gasteiger partial charge in [-0.15, -0.1) is 0 Å². The quantitative estimate of drug-likeness (QED) is 0.779. The lowest BCUT2D eigenvalue weighted by atomic mass is 9.99. The minimum Gasteiger partial charge on any atom is -0.480 e. The second-order valence-corrected chi connectivity index (χ2v) is 9.49. The molecule has 4 atom stereocenters. The largest absolute Gasteiger partial charge is 0.480 e. The highest BCUT2D eigenvalue weighted by Crippen LogP contribution is 2.64. The summed E-state index contributed by atoms with van der Waals surface area (Å²) in [6.45, 7) is 9.67. The number of amides is 2. The zero-order valence-corrected chi connectivity index (χ0v) is 17.5. The van der Waals surface area contributed by atoms with Crippen LogP contribution < -0.4 is 5.32 Å². The lowest BCUT2D eigenvalue weighted by Crippen LogP contribution is -2.55. The van der Waals surface area contributed by atoms with Crippen molar-refractivity contribution in [1.82, 2.24) is 15.2 Å².